The van der Waals surface area contributed by atoms with Gasteiger partial charge in [-0.15, -0.1) is 0 Å². The highest BCUT2D eigenvalue weighted by Crippen LogP contribution is 2.23. The lowest BCUT2D eigenvalue weighted by molar-refractivity contribution is -0.140. The van der Waals surface area contributed by atoms with E-state index in [1.165, 1.54) is 0 Å². The average molecular weight is 359 g/mol. The third-order valence-corrected chi connectivity index (χ3v) is 4.23. The summed E-state index contributed by atoms with van der Waals surface area (Å²) in [5.74, 6) is 0.125. The van der Waals surface area contributed by atoms with Crippen molar-refractivity contribution in [2.24, 2.45) is 5.92 Å². The fraction of sp³-hybridized carbons (Fsp3) is 0.529. The van der Waals surface area contributed by atoms with E-state index in [2.05, 4.69) is 5.32 Å². The van der Waals surface area contributed by atoms with Gasteiger partial charge in [0, 0.05) is 19.5 Å². The molecule has 128 valence electrons. The van der Waals surface area contributed by atoms with Crippen molar-refractivity contribution in [2.75, 3.05) is 6.54 Å². The first-order chi connectivity index (χ1) is 10.8. The number of halogens is 2. The molecule has 0 fully saturated rings. The minimum atomic E-state index is -0.546. The van der Waals surface area contributed by atoms with Crippen molar-refractivity contribution >= 4 is 35.0 Å². The molecule has 0 bridgehead atoms. The van der Waals surface area contributed by atoms with E-state index in [0.29, 0.717) is 35.5 Å². The Labute approximate surface area is 148 Å². The highest BCUT2D eigenvalue weighted by atomic mass is 35.5. The van der Waals surface area contributed by atoms with Crippen molar-refractivity contribution in [1.82, 2.24) is 10.2 Å². The first-order valence-corrected chi connectivity index (χ1v) is 8.52. The lowest BCUT2D eigenvalue weighted by atomic mass is 10.1. The van der Waals surface area contributed by atoms with Crippen molar-refractivity contribution in [1.29, 1.82) is 0 Å². The topological polar surface area (TPSA) is 49.4 Å². The van der Waals surface area contributed by atoms with E-state index in [4.69, 9.17) is 23.2 Å². The standard InChI is InChI=1S/C17H24Cl2N2O2/c1-5-16(22)21(12(4)17(23)20-9-11(2)3)10-13-6-7-14(18)15(19)8-13/h6-8,11-12H,5,9-10H2,1-4H3,(H,20,23)/t12-/m1/s1. The molecular weight excluding hydrogens is 335 g/mol. The smallest absolute Gasteiger partial charge is 0.242 e. The zero-order valence-electron chi connectivity index (χ0n) is 14.0. The molecule has 0 saturated heterocycles. The fourth-order valence-electron chi connectivity index (χ4n) is 2.07. The number of hydrogen-bond acceptors (Lipinski definition) is 2. The maximum atomic E-state index is 12.3. The molecule has 0 saturated carbocycles. The second-order valence-corrected chi connectivity index (χ2v) is 6.75. The molecule has 2 amide bonds. The molecule has 1 aromatic rings. The molecule has 1 aromatic carbocycles. The van der Waals surface area contributed by atoms with Crippen molar-refractivity contribution < 1.29 is 9.59 Å². The summed E-state index contributed by atoms with van der Waals surface area (Å²) >= 11 is 11.9. The van der Waals surface area contributed by atoms with E-state index < -0.39 is 6.04 Å². The largest absolute Gasteiger partial charge is 0.354 e. The molecule has 0 radical (unpaired) electrons. The second kappa shape index (κ2) is 9.14. The van der Waals surface area contributed by atoms with E-state index in [1.54, 1.807) is 30.9 Å². The van der Waals surface area contributed by atoms with Gasteiger partial charge >= 0.3 is 0 Å². The number of carbonyl (C=O) groups is 2. The van der Waals surface area contributed by atoms with Crippen LogP contribution in [0.1, 0.15) is 39.7 Å². The molecule has 23 heavy (non-hydrogen) atoms. The summed E-state index contributed by atoms with van der Waals surface area (Å²) in [7, 11) is 0. The van der Waals surface area contributed by atoms with Gasteiger partial charge in [-0.3, -0.25) is 9.59 Å². The Morgan fingerprint density at radius 1 is 1.17 bits per heavy atom. The molecule has 1 atom stereocenters. The zero-order chi connectivity index (χ0) is 17.6. The van der Waals surface area contributed by atoms with Crippen LogP contribution in [0.25, 0.3) is 0 Å². The lowest BCUT2D eigenvalue weighted by Gasteiger charge is -2.28. The summed E-state index contributed by atoms with van der Waals surface area (Å²) in [6.07, 6.45) is 0.336. The Morgan fingerprint density at radius 3 is 2.35 bits per heavy atom. The van der Waals surface area contributed by atoms with Crippen molar-refractivity contribution in [3.05, 3.63) is 33.8 Å². The monoisotopic (exact) mass is 358 g/mol. The molecule has 0 spiro atoms. The molecule has 4 nitrogen and oxygen atoms in total. The van der Waals surface area contributed by atoms with Crippen LogP contribution in [0, 0.1) is 5.92 Å². The summed E-state index contributed by atoms with van der Waals surface area (Å²) in [5, 5.41) is 3.77. The predicted molar refractivity (Wildman–Crippen MR) is 94.6 cm³/mol. The number of carbonyl (C=O) groups excluding carboxylic acids is 2. The minimum Gasteiger partial charge on any atom is -0.354 e. The molecule has 0 unspecified atom stereocenters. The number of nitrogens with zero attached hydrogens (tertiary/aromatic N) is 1. The van der Waals surface area contributed by atoms with Crippen LogP contribution < -0.4 is 5.32 Å². The first kappa shape index (κ1) is 19.8. The summed E-state index contributed by atoms with van der Waals surface area (Å²) < 4.78 is 0. The SMILES string of the molecule is CCC(=O)N(Cc1ccc(Cl)c(Cl)c1)[C@H](C)C(=O)NCC(C)C. The summed E-state index contributed by atoms with van der Waals surface area (Å²) in [4.78, 5) is 26.1. The van der Waals surface area contributed by atoms with Crippen LogP contribution in [-0.2, 0) is 16.1 Å². The van der Waals surface area contributed by atoms with Gasteiger partial charge in [-0.05, 0) is 30.5 Å². The van der Waals surface area contributed by atoms with Gasteiger partial charge in [-0.25, -0.2) is 0 Å². The van der Waals surface area contributed by atoms with Gasteiger partial charge in [0.05, 0.1) is 10.0 Å². The maximum Gasteiger partial charge on any atom is 0.242 e. The quantitative estimate of drug-likeness (QED) is 0.803. The highest BCUT2D eigenvalue weighted by Gasteiger charge is 2.25. The lowest BCUT2D eigenvalue weighted by Crippen LogP contribution is -2.48. The van der Waals surface area contributed by atoms with Crippen LogP contribution in [0.2, 0.25) is 10.0 Å². The minimum absolute atomic E-state index is 0.0803. The van der Waals surface area contributed by atoms with Crippen molar-refractivity contribution in [3.63, 3.8) is 0 Å². The fourth-order valence-corrected chi connectivity index (χ4v) is 2.39. The number of rotatable bonds is 7. The van der Waals surface area contributed by atoms with Crippen molar-refractivity contribution in [3.8, 4) is 0 Å². The van der Waals surface area contributed by atoms with Gasteiger partial charge in [-0.1, -0.05) is 50.0 Å². The second-order valence-electron chi connectivity index (χ2n) is 5.94. The maximum absolute atomic E-state index is 12.3. The van der Waals surface area contributed by atoms with Gasteiger partial charge in [0.1, 0.15) is 6.04 Å². The van der Waals surface area contributed by atoms with Gasteiger partial charge in [0.25, 0.3) is 0 Å². The molecule has 6 heteroatoms. The Morgan fingerprint density at radius 2 is 1.83 bits per heavy atom. The average Bonchev–Trinajstić information content (AvgIpc) is 2.52. The van der Waals surface area contributed by atoms with E-state index in [0.717, 1.165) is 5.56 Å². The Bertz CT molecular complexity index is 562. The van der Waals surface area contributed by atoms with E-state index in [-0.39, 0.29) is 11.8 Å². The molecule has 0 heterocycles. The van der Waals surface area contributed by atoms with Crippen LogP contribution in [0.3, 0.4) is 0 Å². The van der Waals surface area contributed by atoms with E-state index in [1.807, 2.05) is 19.9 Å². The number of hydrogen-bond donors (Lipinski definition) is 1. The normalized spacial score (nSPS) is 12.1. The molecule has 1 N–H and O–H groups in total. The Balaban J connectivity index is 2.88. The highest BCUT2D eigenvalue weighted by molar-refractivity contribution is 6.42. The van der Waals surface area contributed by atoms with Crippen LogP contribution >= 0.6 is 23.2 Å². The summed E-state index contributed by atoms with van der Waals surface area (Å²) in [6, 6.07) is 4.68. The van der Waals surface area contributed by atoms with E-state index >= 15 is 0 Å². The van der Waals surface area contributed by atoms with Gasteiger partial charge in [0.2, 0.25) is 11.8 Å². The molecule has 1 rings (SSSR count). The van der Waals surface area contributed by atoms with Crippen LogP contribution in [0.15, 0.2) is 18.2 Å². The molecular formula is C17H24Cl2N2O2. The third-order valence-electron chi connectivity index (χ3n) is 3.49. The zero-order valence-corrected chi connectivity index (χ0v) is 15.5. The summed E-state index contributed by atoms with van der Waals surface area (Å²) in [6.45, 7) is 8.47. The van der Waals surface area contributed by atoms with Gasteiger partial charge in [-0.2, -0.15) is 0 Å². The number of benzene rings is 1. The molecule has 0 aliphatic carbocycles. The summed E-state index contributed by atoms with van der Waals surface area (Å²) in [5.41, 5.74) is 0.838. The van der Waals surface area contributed by atoms with Crippen LogP contribution in [0.4, 0.5) is 0 Å². The van der Waals surface area contributed by atoms with Gasteiger partial charge in [0.15, 0.2) is 0 Å². The number of amides is 2. The van der Waals surface area contributed by atoms with Crippen molar-refractivity contribution in [2.45, 2.75) is 46.7 Å². The third kappa shape index (κ3) is 6.04. The van der Waals surface area contributed by atoms with Crippen LogP contribution in [-0.4, -0.2) is 29.3 Å². The Hall–Kier alpha value is -1.26. The molecule has 0 aliphatic rings. The Kier molecular flexibility index (Phi) is 7.86. The molecule has 0 aliphatic heterocycles. The first-order valence-electron chi connectivity index (χ1n) is 7.77. The van der Waals surface area contributed by atoms with Gasteiger partial charge < -0.3 is 10.2 Å². The van der Waals surface area contributed by atoms with Crippen LogP contribution in [0.5, 0.6) is 0 Å². The predicted octanol–water partition coefficient (Wildman–Crippen LogP) is 3.89. The van der Waals surface area contributed by atoms with E-state index in [9.17, 15) is 9.59 Å². The molecule has 0 aromatic heterocycles. The number of nitrogens with one attached hydrogen (secondary N) is 1.